The predicted octanol–water partition coefficient (Wildman–Crippen LogP) is 5.87. The monoisotopic (exact) mass is 548 g/mol. The fourth-order valence-corrected chi connectivity index (χ4v) is 5.54. The highest BCUT2D eigenvalue weighted by atomic mass is 79.9. The Labute approximate surface area is 214 Å². The largest absolute Gasteiger partial charge is 0.332 e. The van der Waals surface area contributed by atoms with Crippen molar-refractivity contribution in [2.45, 2.75) is 18.0 Å². The van der Waals surface area contributed by atoms with E-state index in [9.17, 15) is 13.2 Å². The van der Waals surface area contributed by atoms with Crippen molar-refractivity contribution in [1.82, 2.24) is 4.90 Å². The van der Waals surface area contributed by atoms with Gasteiger partial charge in [0.05, 0.1) is 10.6 Å². The summed E-state index contributed by atoms with van der Waals surface area (Å²) in [5, 5.41) is 0. The van der Waals surface area contributed by atoms with Crippen LogP contribution in [-0.4, -0.2) is 25.8 Å². The minimum atomic E-state index is -3.98. The van der Waals surface area contributed by atoms with Crippen LogP contribution in [0.4, 0.5) is 5.69 Å². The van der Waals surface area contributed by atoms with Crippen molar-refractivity contribution >= 4 is 37.5 Å². The first-order chi connectivity index (χ1) is 16.9. The summed E-state index contributed by atoms with van der Waals surface area (Å²) in [6.45, 7) is 0.409. The Balaban J connectivity index is 1.69. The zero-order chi connectivity index (χ0) is 24.7. The van der Waals surface area contributed by atoms with E-state index < -0.39 is 10.0 Å². The quantitative estimate of drug-likeness (QED) is 0.262. The molecule has 0 aliphatic heterocycles. The topological polar surface area (TPSA) is 57.7 Å². The summed E-state index contributed by atoms with van der Waals surface area (Å²) in [5.74, 6) is -0.294. The lowest BCUT2D eigenvalue weighted by Gasteiger charge is -2.29. The first-order valence-corrected chi connectivity index (χ1v) is 13.4. The number of benzene rings is 4. The molecule has 0 saturated carbocycles. The summed E-state index contributed by atoms with van der Waals surface area (Å²) >= 11 is 3.42. The van der Waals surface area contributed by atoms with E-state index >= 15 is 0 Å². The lowest BCUT2D eigenvalue weighted by Crippen LogP contribution is -2.42. The van der Waals surface area contributed by atoms with Crippen LogP contribution >= 0.6 is 15.9 Å². The van der Waals surface area contributed by atoms with Crippen molar-refractivity contribution in [3.8, 4) is 0 Å². The number of sulfonamides is 1. The molecule has 0 atom stereocenters. The third-order valence-electron chi connectivity index (χ3n) is 5.49. The first kappa shape index (κ1) is 24.7. The second-order valence-corrected chi connectivity index (χ2v) is 10.8. The van der Waals surface area contributed by atoms with Crippen LogP contribution in [0, 0.1) is 0 Å². The fourth-order valence-electron chi connectivity index (χ4n) is 3.73. The highest BCUT2D eigenvalue weighted by Gasteiger charge is 2.29. The number of hydrogen-bond donors (Lipinski definition) is 0. The van der Waals surface area contributed by atoms with Crippen molar-refractivity contribution in [2.24, 2.45) is 0 Å². The Bertz CT molecular complexity index is 1320. The van der Waals surface area contributed by atoms with Gasteiger partial charge >= 0.3 is 0 Å². The van der Waals surface area contributed by atoms with Crippen LogP contribution in [0.2, 0.25) is 0 Å². The van der Waals surface area contributed by atoms with Crippen molar-refractivity contribution < 1.29 is 13.2 Å². The van der Waals surface area contributed by atoms with E-state index in [0.29, 0.717) is 18.8 Å². The van der Waals surface area contributed by atoms with Crippen LogP contribution in [-0.2, 0) is 27.9 Å². The molecule has 1 amide bonds. The van der Waals surface area contributed by atoms with Crippen molar-refractivity contribution in [3.63, 3.8) is 0 Å². The van der Waals surface area contributed by atoms with Crippen LogP contribution in [0.15, 0.2) is 125 Å². The molecule has 4 rings (SSSR count). The fraction of sp³-hybridized carbons (Fsp3) is 0.107. The lowest BCUT2D eigenvalue weighted by atomic mass is 10.1. The molecule has 0 radical (unpaired) electrons. The summed E-state index contributed by atoms with van der Waals surface area (Å²) in [4.78, 5) is 15.5. The van der Waals surface area contributed by atoms with Gasteiger partial charge in [-0.05, 0) is 41.5 Å². The zero-order valence-electron chi connectivity index (χ0n) is 19.0. The zero-order valence-corrected chi connectivity index (χ0v) is 21.4. The Morgan fingerprint density at radius 1 is 0.686 bits per heavy atom. The second kappa shape index (κ2) is 11.3. The SMILES string of the molecule is O=C(CN(c1cccc(Br)c1)S(=O)(=O)c1ccccc1)N(Cc1ccccc1)Cc1ccccc1. The van der Waals surface area contributed by atoms with E-state index in [0.717, 1.165) is 15.6 Å². The molecule has 0 unspecified atom stereocenters. The van der Waals surface area contributed by atoms with E-state index in [-0.39, 0.29) is 17.3 Å². The molecule has 0 spiro atoms. The summed E-state index contributed by atoms with van der Waals surface area (Å²) in [7, 11) is -3.98. The van der Waals surface area contributed by atoms with Gasteiger partial charge in [-0.1, -0.05) is 101 Å². The number of anilines is 1. The molecule has 0 saturated heterocycles. The average molecular weight is 549 g/mol. The van der Waals surface area contributed by atoms with Crippen molar-refractivity contribution in [1.29, 1.82) is 0 Å². The lowest BCUT2D eigenvalue weighted by molar-refractivity contribution is -0.130. The van der Waals surface area contributed by atoms with E-state index in [1.54, 1.807) is 41.3 Å². The third-order valence-corrected chi connectivity index (χ3v) is 7.77. The van der Waals surface area contributed by atoms with Crippen molar-refractivity contribution in [2.75, 3.05) is 10.8 Å². The van der Waals surface area contributed by atoms with Gasteiger partial charge in [-0.2, -0.15) is 0 Å². The number of halogens is 1. The number of hydrogen-bond acceptors (Lipinski definition) is 3. The molecule has 7 heteroatoms. The molecule has 0 aliphatic carbocycles. The molecular weight excluding hydrogens is 524 g/mol. The molecule has 0 bridgehead atoms. The van der Waals surface area contributed by atoms with E-state index in [1.807, 2.05) is 66.7 Å². The number of rotatable bonds is 9. The second-order valence-electron chi connectivity index (χ2n) is 8.03. The van der Waals surface area contributed by atoms with Crippen molar-refractivity contribution in [3.05, 3.63) is 131 Å². The first-order valence-electron chi connectivity index (χ1n) is 11.1. The molecule has 5 nitrogen and oxygen atoms in total. The van der Waals surface area contributed by atoms with E-state index in [4.69, 9.17) is 0 Å². The van der Waals surface area contributed by atoms with Crippen LogP contribution in [0.5, 0.6) is 0 Å². The van der Waals surface area contributed by atoms with Gasteiger partial charge in [0.2, 0.25) is 5.91 Å². The van der Waals surface area contributed by atoms with Gasteiger partial charge in [-0.25, -0.2) is 8.42 Å². The van der Waals surface area contributed by atoms with Gasteiger partial charge in [0.25, 0.3) is 10.0 Å². The van der Waals surface area contributed by atoms with Crippen LogP contribution in [0.3, 0.4) is 0 Å². The molecule has 178 valence electrons. The van der Waals surface area contributed by atoms with E-state index in [2.05, 4.69) is 15.9 Å². The Morgan fingerprint density at radius 2 is 1.20 bits per heavy atom. The summed E-state index contributed by atoms with van der Waals surface area (Å²) in [6.07, 6.45) is 0. The summed E-state index contributed by atoms with van der Waals surface area (Å²) < 4.78 is 29.2. The molecule has 4 aromatic rings. The minimum Gasteiger partial charge on any atom is -0.332 e. The number of nitrogens with zero attached hydrogens (tertiary/aromatic N) is 2. The normalized spacial score (nSPS) is 11.1. The maximum atomic E-state index is 13.7. The van der Waals surface area contributed by atoms with Crippen LogP contribution < -0.4 is 4.31 Å². The Hall–Kier alpha value is -3.42. The Morgan fingerprint density at radius 3 is 1.71 bits per heavy atom. The molecule has 0 aliphatic rings. The average Bonchev–Trinajstić information content (AvgIpc) is 2.88. The van der Waals surface area contributed by atoms with Crippen LogP contribution in [0.25, 0.3) is 0 Å². The number of amides is 1. The number of carbonyl (C=O) groups is 1. The van der Waals surface area contributed by atoms with Crippen LogP contribution in [0.1, 0.15) is 11.1 Å². The third kappa shape index (κ3) is 6.38. The highest BCUT2D eigenvalue weighted by Crippen LogP contribution is 2.27. The Kier molecular flexibility index (Phi) is 8.00. The maximum Gasteiger partial charge on any atom is 0.264 e. The van der Waals surface area contributed by atoms with Gasteiger partial charge in [-0.3, -0.25) is 9.10 Å². The van der Waals surface area contributed by atoms with Gasteiger partial charge < -0.3 is 4.90 Å². The maximum absolute atomic E-state index is 13.7. The molecule has 0 fully saturated rings. The minimum absolute atomic E-state index is 0.130. The van der Waals surface area contributed by atoms with Gasteiger partial charge in [0.15, 0.2) is 0 Å². The predicted molar refractivity (Wildman–Crippen MR) is 142 cm³/mol. The molecular formula is C28H25BrN2O3S. The molecule has 0 N–H and O–H groups in total. The summed E-state index contributed by atoms with van der Waals surface area (Å²) in [5.41, 5.74) is 2.35. The molecule has 35 heavy (non-hydrogen) atoms. The number of carbonyl (C=O) groups excluding carboxylic acids is 1. The highest BCUT2D eigenvalue weighted by molar-refractivity contribution is 9.10. The smallest absolute Gasteiger partial charge is 0.264 e. The molecule has 4 aromatic carbocycles. The van der Waals surface area contributed by atoms with Gasteiger partial charge in [0.1, 0.15) is 6.54 Å². The molecule has 0 heterocycles. The molecule has 0 aromatic heterocycles. The van der Waals surface area contributed by atoms with Gasteiger partial charge in [0, 0.05) is 17.6 Å². The van der Waals surface area contributed by atoms with E-state index in [1.165, 1.54) is 16.4 Å². The standard InChI is InChI=1S/C28H25BrN2O3S/c29-25-15-10-16-26(19-25)31(35(33,34)27-17-8-3-9-18-27)22-28(32)30(20-23-11-4-1-5-12-23)21-24-13-6-2-7-14-24/h1-19H,20-22H2. The van der Waals surface area contributed by atoms with Gasteiger partial charge in [-0.15, -0.1) is 0 Å². The summed E-state index contributed by atoms with van der Waals surface area (Å²) in [6, 6.07) is 34.5.